The molecule has 2 saturated carbocycles. The third-order valence-corrected chi connectivity index (χ3v) is 6.45. The van der Waals surface area contributed by atoms with Crippen LogP contribution in [-0.2, 0) is 9.53 Å². The average Bonchev–Trinajstić information content (AvgIpc) is 3.22. The van der Waals surface area contributed by atoms with E-state index in [2.05, 4.69) is 0 Å². The summed E-state index contributed by atoms with van der Waals surface area (Å²) in [5.41, 5.74) is -1.12. The summed E-state index contributed by atoms with van der Waals surface area (Å²) in [5.74, 6) is 1.46. The Bertz CT molecular complexity index is 401. The van der Waals surface area contributed by atoms with Crippen molar-refractivity contribution in [3.8, 4) is 0 Å². The lowest BCUT2D eigenvalue weighted by Crippen LogP contribution is -2.31. The summed E-state index contributed by atoms with van der Waals surface area (Å²) in [5, 5.41) is 10.6. The number of esters is 1. The normalized spacial score (nSPS) is 22.2. The highest BCUT2D eigenvalue weighted by Gasteiger charge is 2.28. The van der Waals surface area contributed by atoms with E-state index in [1.807, 2.05) is 20.8 Å². The molecule has 0 aliphatic heterocycles. The Morgan fingerprint density at radius 2 is 1.36 bits per heavy atom. The Labute approximate surface area is 154 Å². The Balaban J connectivity index is 1.63. The van der Waals surface area contributed by atoms with Crippen LogP contribution < -0.4 is 0 Å². The quantitative estimate of drug-likeness (QED) is 0.507. The number of hydrogen-bond donors (Lipinski definition) is 1. The van der Waals surface area contributed by atoms with Crippen molar-refractivity contribution in [2.75, 3.05) is 0 Å². The van der Waals surface area contributed by atoms with Crippen LogP contribution in [0.2, 0.25) is 0 Å². The number of carbonyl (C=O) groups is 1. The third kappa shape index (κ3) is 8.11. The minimum absolute atomic E-state index is 0.155. The summed E-state index contributed by atoms with van der Waals surface area (Å²) in [6, 6.07) is 0. The molecule has 146 valence electrons. The molecule has 1 N–H and O–H groups in total. The molecule has 0 amide bonds. The van der Waals surface area contributed by atoms with E-state index >= 15 is 0 Å². The first-order valence-electron chi connectivity index (χ1n) is 10.7. The molecule has 0 radical (unpaired) electrons. The molecule has 1 unspecified atom stereocenters. The van der Waals surface area contributed by atoms with Crippen LogP contribution in [-0.4, -0.2) is 22.3 Å². The summed E-state index contributed by atoms with van der Waals surface area (Å²) >= 11 is 0. The van der Waals surface area contributed by atoms with Crippen molar-refractivity contribution < 1.29 is 14.6 Å². The van der Waals surface area contributed by atoms with E-state index in [9.17, 15) is 9.90 Å². The van der Waals surface area contributed by atoms with Crippen molar-refractivity contribution in [2.24, 2.45) is 11.8 Å². The van der Waals surface area contributed by atoms with Crippen LogP contribution in [0.1, 0.15) is 111 Å². The van der Waals surface area contributed by atoms with E-state index in [-0.39, 0.29) is 11.6 Å². The molecule has 1 atom stereocenters. The first-order chi connectivity index (χ1) is 11.8. The molecule has 0 spiro atoms. The minimum Gasteiger partial charge on any atom is -0.460 e. The van der Waals surface area contributed by atoms with E-state index in [0.717, 1.165) is 31.1 Å². The zero-order chi connectivity index (χ0) is 18.3. The van der Waals surface area contributed by atoms with Gasteiger partial charge in [-0.3, -0.25) is 4.79 Å². The summed E-state index contributed by atoms with van der Waals surface area (Å²) in [7, 11) is 0. The number of carbonyl (C=O) groups excluding carboxylic acids is 1. The largest absolute Gasteiger partial charge is 0.460 e. The highest BCUT2D eigenvalue weighted by Crippen LogP contribution is 2.33. The Kier molecular flexibility index (Phi) is 7.79. The zero-order valence-corrected chi connectivity index (χ0v) is 16.8. The second-order valence-electron chi connectivity index (χ2n) is 9.61. The average molecular weight is 353 g/mol. The molecule has 2 fully saturated rings. The molecule has 2 aliphatic rings. The maximum Gasteiger partial charge on any atom is 0.306 e. The molecule has 0 saturated heterocycles. The SMILES string of the molecule is CC(O)(CCC(=O)OC(C)(C)CCC1CCCC1)CCC1CCCC1. The van der Waals surface area contributed by atoms with E-state index in [1.165, 1.54) is 57.8 Å². The van der Waals surface area contributed by atoms with Crippen molar-refractivity contribution in [1.82, 2.24) is 0 Å². The minimum atomic E-state index is -0.740. The topological polar surface area (TPSA) is 46.5 Å². The van der Waals surface area contributed by atoms with Gasteiger partial charge in [0.05, 0.1) is 5.60 Å². The number of ether oxygens (including phenoxy) is 1. The fourth-order valence-electron chi connectivity index (χ4n) is 4.57. The van der Waals surface area contributed by atoms with Crippen molar-refractivity contribution in [3.63, 3.8) is 0 Å². The highest BCUT2D eigenvalue weighted by molar-refractivity contribution is 5.69. The van der Waals surface area contributed by atoms with Gasteiger partial charge in [-0.15, -0.1) is 0 Å². The van der Waals surface area contributed by atoms with Gasteiger partial charge in [0.15, 0.2) is 0 Å². The van der Waals surface area contributed by atoms with Crippen LogP contribution in [0, 0.1) is 11.8 Å². The third-order valence-electron chi connectivity index (χ3n) is 6.45. The van der Waals surface area contributed by atoms with Gasteiger partial charge in [0.25, 0.3) is 0 Å². The van der Waals surface area contributed by atoms with E-state index < -0.39 is 5.60 Å². The fourth-order valence-corrected chi connectivity index (χ4v) is 4.57. The van der Waals surface area contributed by atoms with Gasteiger partial charge in [0.1, 0.15) is 5.60 Å². The maximum absolute atomic E-state index is 12.2. The van der Waals surface area contributed by atoms with Crippen molar-refractivity contribution in [3.05, 3.63) is 0 Å². The number of rotatable bonds is 10. The molecule has 25 heavy (non-hydrogen) atoms. The summed E-state index contributed by atoms with van der Waals surface area (Å²) in [4.78, 5) is 12.2. The van der Waals surface area contributed by atoms with E-state index in [4.69, 9.17) is 4.74 Å². The van der Waals surface area contributed by atoms with E-state index in [0.29, 0.717) is 12.8 Å². The summed E-state index contributed by atoms with van der Waals surface area (Å²) in [6.07, 6.45) is 15.6. The van der Waals surface area contributed by atoms with Crippen LogP contribution in [0.5, 0.6) is 0 Å². The van der Waals surface area contributed by atoms with Crippen LogP contribution in [0.4, 0.5) is 0 Å². The Hall–Kier alpha value is -0.570. The Morgan fingerprint density at radius 3 is 1.88 bits per heavy atom. The summed E-state index contributed by atoms with van der Waals surface area (Å²) in [6.45, 7) is 5.93. The Morgan fingerprint density at radius 1 is 0.880 bits per heavy atom. The molecule has 2 aliphatic carbocycles. The smallest absolute Gasteiger partial charge is 0.306 e. The van der Waals surface area contributed by atoms with Crippen molar-refractivity contribution in [2.45, 2.75) is 122 Å². The number of aliphatic hydroxyl groups is 1. The van der Waals surface area contributed by atoms with Gasteiger partial charge >= 0.3 is 5.97 Å². The first kappa shape index (κ1) is 20.7. The second kappa shape index (κ2) is 9.39. The molecular weight excluding hydrogens is 312 g/mol. The first-order valence-corrected chi connectivity index (χ1v) is 10.7. The van der Waals surface area contributed by atoms with Gasteiger partial charge in [-0.05, 0) is 64.7 Å². The molecule has 0 bridgehead atoms. The lowest BCUT2D eigenvalue weighted by molar-refractivity contribution is -0.158. The van der Waals surface area contributed by atoms with Crippen molar-refractivity contribution in [1.29, 1.82) is 0 Å². The maximum atomic E-state index is 12.2. The molecule has 0 aromatic rings. The van der Waals surface area contributed by atoms with Crippen LogP contribution in [0.15, 0.2) is 0 Å². The fraction of sp³-hybridized carbons (Fsp3) is 0.955. The zero-order valence-electron chi connectivity index (χ0n) is 16.8. The van der Waals surface area contributed by atoms with Crippen LogP contribution >= 0.6 is 0 Å². The molecule has 0 aromatic heterocycles. The molecule has 0 aromatic carbocycles. The molecule has 3 heteroatoms. The van der Waals surface area contributed by atoms with E-state index in [1.54, 1.807) is 0 Å². The molecule has 3 nitrogen and oxygen atoms in total. The monoisotopic (exact) mass is 352 g/mol. The molecular formula is C22H40O3. The predicted octanol–water partition coefficient (Wildman–Crippen LogP) is 5.78. The van der Waals surface area contributed by atoms with Gasteiger partial charge in [-0.25, -0.2) is 0 Å². The van der Waals surface area contributed by atoms with Gasteiger partial charge in [-0.2, -0.15) is 0 Å². The van der Waals surface area contributed by atoms with Gasteiger partial charge in [-0.1, -0.05) is 51.4 Å². The molecule has 2 rings (SSSR count). The second-order valence-corrected chi connectivity index (χ2v) is 9.61. The van der Waals surface area contributed by atoms with Crippen LogP contribution in [0.25, 0.3) is 0 Å². The lowest BCUT2D eigenvalue weighted by atomic mass is 9.89. The molecule has 0 heterocycles. The van der Waals surface area contributed by atoms with Crippen LogP contribution in [0.3, 0.4) is 0 Å². The standard InChI is InChI=1S/C22H40O3/c1-21(2,15-12-18-8-4-5-9-18)25-20(23)14-17-22(3,24)16-13-19-10-6-7-11-19/h18-19,24H,4-17H2,1-3H3. The van der Waals surface area contributed by atoms with Gasteiger partial charge in [0.2, 0.25) is 0 Å². The lowest BCUT2D eigenvalue weighted by Gasteiger charge is -2.28. The van der Waals surface area contributed by atoms with Gasteiger partial charge < -0.3 is 9.84 Å². The van der Waals surface area contributed by atoms with Gasteiger partial charge in [0, 0.05) is 6.42 Å². The summed E-state index contributed by atoms with van der Waals surface area (Å²) < 4.78 is 5.72. The number of hydrogen-bond acceptors (Lipinski definition) is 3. The highest BCUT2D eigenvalue weighted by atomic mass is 16.6. The van der Waals surface area contributed by atoms with Crippen molar-refractivity contribution >= 4 is 5.97 Å². The predicted molar refractivity (Wildman–Crippen MR) is 102 cm³/mol.